The van der Waals surface area contributed by atoms with Crippen molar-refractivity contribution in [1.29, 1.82) is 0 Å². The highest BCUT2D eigenvalue weighted by atomic mass is 32.2. The van der Waals surface area contributed by atoms with Gasteiger partial charge in [-0.25, -0.2) is 0 Å². The Morgan fingerprint density at radius 3 is 2.92 bits per heavy atom. The van der Waals surface area contributed by atoms with Gasteiger partial charge in [-0.05, 0) is 26.0 Å². The lowest BCUT2D eigenvalue weighted by molar-refractivity contribution is -0.131. The third-order valence-corrected chi connectivity index (χ3v) is 3.04. The molecule has 2 N–H and O–H groups in total. The first-order chi connectivity index (χ1) is 6.15. The summed E-state index contributed by atoms with van der Waals surface area (Å²) in [6, 6.07) is 0.608. The van der Waals surface area contributed by atoms with Crippen LogP contribution in [0.5, 0.6) is 0 Å². The van der Waals surface area contributed by atoms with Gasteiger partial charge in [-0.1, -0.05) is 0 Å². The van der Waals surface area contributed by atoms with Gasteiger partial charge in [-0.15, -0.1) is 0 Å². The van der Waals surface area contributed by atoms with E-state index in [4.69, 9.17) is 5.73 Å². The maximum Gasteiger partial charge on any atom is 0.232 e. The van der Waals surface area contributed by atoms with Gasteiger partial charge in [0, 0.05) is 18.6 Å². The lowest BCUT2D eigenvalue weighted by atomic mass is 9.99. The van der Waals surface area contributed by atoms with E-state index in [1.807, 2.05) is 11.2 Å². The Balaban J connectivity index is 2.45. The quantitative estimate of drug-likeness (QED) is 0.716. The molecule has 1 aliphatic rings. The van der Waals surface area contributed by atoms with Gasteiger partial charge in [0.15, 0.2) is 0 Å². The molecule has 1 saturated heterocycles. The molecule has 3 nitrogen and oxygen atoms in total. The summed E-state index contributed by atoms with van der Waals surface area (Å²) < 4.78 is 0. The van der Waals surface area contributed by atoms with Gasteiger partial charge in [-0.2, -0.15) is 11.8 Å². The molecule has 13 heavy (non-hydrogen) atoms. The molecule has 1 fully saturated rings. The summed E-state index contributed by atoms with van der Waals surface area (Å²) in [5, 5.41) is 0. The standard InChI is InChI=1S/C9H18N2OS/c1-7-5-8(10)3-4-11(7)9(12)6-13-2/h7-8H,3-6,10H2,1-2H3. The molecule has 0 aromatic rings. The fraction of sp³-hybridized carbons (Fsp3) is 0.889. The molecule has 1 aliphatic heterocycles. The minimum absolute atomic E-state index is 0.256. The Bertz CT molecular complexity index is 186. The molecule has 1 amide bonds. The number of hydrogen-bond donors (Lipinski definition) is 1. The first kappa shape index (κ1) is 10.9. The van der Waals surface area contributed by atoms with E-state index >= 15 is 0 Å². The predicted octanol–water partition coefficient (Wildman–Crippen LogP) is 0.688. The van der Waals surface area contributed by atoms with Crippen molar-refractivity contribution < 1.29 is 4.79 Å². The lowest BCUT2D eigenvalue weighted by Gasteiger charge is -2.36. The summed E-state index contributed by atoms with van der Waals surface area (Å²) >= 11 is 1.58. The summed E-state index contributed by atoms with van der Waals surface area (Å²) in [7, 11) is 0. The lowest BCUT2D eigenvalue weighted by Crippen LogP contribution is -2.48. The van der Waals surface area contributed by atoms with Crippen molar-refractivity contribution in [2.75, 3.05) is 18.6 Å². The Hall–Kier alpha value is -0.220. The minimum Gasteiger partial charge on any atom is -0.339 e. The third kappa shape index (κ3) is 2.88. The summed E-state index contributed by atoms with van der Waals surface area (Å²) in [5.41, 5.74) is 5.82. The van der Waals surface area contributed by atoms with Gasteiger partial charge in [0.1, 0.15) is 0 Å². The molecule has 76 valence electrons. The second-order valence-electron chi connectivity index (χ2n) is 3.65. The molecule has 0 aromatic carbocycles. The van der Waals surface area contributed by atoms with Gasteiger partial charge >= 0.3 is 0 Å². The van der Waals surface area contributed by atoms with Crippen LogP contribution in [0.25, 0.3) is 0 Å². The highest BCUT2D eigenvalue weighted by Crippen LogP contribution is 2.16. The molecular weight excluding hydrogens is 184 g/mol. The van der Waals surface area contributed by atoms with Crippen LogP contribution in [0.4, 0.5) is 0 Å². The summed E-state index contributed by atoms with van der Waals surface area (Å²) in [4.78, 5) is 13.5. The molecule has 2 unspecified atom stereocenters. The van der Waals surface area contributed by atoms with E-state index in [9.17, 15) is 4.79 Å². The first-order valence-corrected chi connectivity index (χ1v) is 6.08. The van der Waals surface area contributed by atoms with Crippen LogP contribution in [0.15, 0.2) is 0 Å². The Labute approximate surface area is 84.0 Å². The molecule has 0 aliphatic carbocycles. The van der Waals surface area contributed by atoms with Crippen LogP contribution in [-0.2, 0) is 4.79 Å². The normalized spacial score (nSPS) is 29.0. The zero-order chi connectivity index (χ0) is 9.84. The fourth-order valence-corrected chi connectivity index (χ4v) is 2.20. The molecule has 0 bridgehead atoms. The van der Waals surface area contributed by atoms with Crippen molar-refractivity contribution in [3.05, 3.63) is 0 Å². The van der Waals surface area contributed by atoms with Crippen molar-refractivity contribution in [3.8, 4) is 0 Å². The van der Waals surface area contributed by atoms with Crippen molar-refractivity contribution >= 4 is 17.7 Å². The number of hydrogen-bond acceptors (Lipinski definition) is 3. The second kappa shape index (κ2) is 4.86. The van der Waals surface area contributed by atoms with Crippen LogP contribution in [0.1, 0.15) is 19.8 Å². The number of nitrogens with zero attached hydrogens (tertiary/aromatic N) is 1. The smallest absolute Gasteiger partial charge is 0.232 e. The Morgan fingerprint density at radius 1 is 1.69 bits per heavy atom. The van der Waals surface area contributed by atoms with Gasteiger partial charge in [-0.3, -0.25) is 4.79 Å². The van der Waals surface area contributed by atoms with Crippen LogP contribution in [0, 0.1) is 0 Å². The van der Waals surface area contributed by atoms with E-state index in [2.05, 4.69) is 6.92 Å². The fourth-order valence-electron chi connectivity index (χ4n) is 1.79. The monoisotopic (exact) mass is 202 g/mol. The van der Waals surface area contributed by atoms with Crippen molar-refractivity contribution in [3.63, 3.8) is 0 Å². The molecule has 0 radical (unpaired) electrons. The topological polar surface area (TPSA) is 46.3 Å². The van der Waals surface area contributed by atoms with Crippen molar-refractivity contribution in [1.82, 2.24) is 4.90 Å². The number of likely N-dealkylation sites (tertiary alicyclic amines) is 1. The first-order valence-electron chi connectivity index (χ1n) is 4.69. The number of rotatable bonds is 2. The summed E-state index contributed by atoms with van der Waals surface area (Å²) in [5.74, 6) is 0.853. The molecule has 0 spiro atoms. The highest BCUT2D eigenvalue weighted by molar-refractivity contribution is 7.99. The van der Waals surface area contributed by atoms with E-state index in [1.54, 1.807) is 11.8 Å². The molecule has 1 rings (SSSR count). The number of amides is 1. The molecule has 2 atom stereocenters. The van der Waals surface area contributed by atoms with Crippen LogP contribution < -0.4 is 5.73 Å². The van der Waals surface area contributed by atoms with E-state index < -0.39 is 0 Å². The maximum absolute atomic E-state index is 11.6. The van der Waals surface area contributed by atoms with Crippen LogP contribution >= 0.6 is 11.8 Å². The van der Waals surface area contributed by atoms with Gasteiger partial charge in [0.2, 0.25) is 5.91 Å². The average molecular weight is 202 g/mol. The molecule has 1 heterocycles. The zero-order valence-corrected chi connectivity index (χ0v) is 9.14. The van der Waals surface area contributed by atoms with Gasteiger partial charge < -0.3 is 10.6 Å². The van der Waals surface area contributed by atoms with Crippen molar-refractivity contribution in [2.24, 2.45) is 5.73 Å². The van der Waals surface area contributed by atoms with Crippen LogP contribution in [0.3, 0.4) is 0 Å². The van der Waals surface area contributed by atoms with Gasteiger partial charge in [0.25, 0.3) is 0 Å². The van der Waals surface area contributed by atoms with Crippen LogP contribution in [0.2, 0.25) is 0 Å². The van der Waals surface area contributed by atoms with Crippen molar-refractivity contribution in [2.45, 2.75) is 31.8 Å². The largest absolute Gasteiger partial charge is 0.339 e. The van der Waals surface area contributed by atoms with E-state index in [0.29, 0.717) is 11.8 Å². The average Bonchev–Trinajstić information content (AvgIpc) is 2.04. The number of thioether (sulfide) groups is 1. The number of nitrogens with two attached hydrogens (primary N) is 1. The molecular formula is C9H18N2OS. The maximum atomic E-state index is 11.6. The molecule has 4 heteroatoms. The number of carbonyl (C=O) groups is 1. The third-order valence-electron chi connectivity index (χ3n) is 2.50. The Morgan fingerprint density at radius 2 is 2.38 bits per heavy atom. The highest BCUT2D eigenvalue weighted by Gasteiger charge is 2.26. The molecule has 0 aromatic heterocycles. The van der Waals surface area contributed by atoms with E-state index in [1.165, 1.54) is 0 Å². The van der Waals surface area contributed by atoms with Crippen LogP contribution in [-0.4, -0.2) is 41.4 Å². The number of carbonyl (C=O) groups excluding carboxylic acids is 1. The number of piperidine rings is 1. The van der Waals surface area contributed by atoms with E-state index in [0.717, 1.165) is 19.4 Å². The zero-order valence-electron chi connectivity index (χ0n) is 8.32. The second-order valence-corrected chi connectivity index (χ2v) is 4.52. The summed E-state index contributed by atoms with van der Waals surface area (Å²) in [6.07, 6.45) is 3.85. The SMILES string of the molecule is CSCC(=O)N1CCC(N)CC1C. The minimum atomic E-state index is 0.256. The van der Waals surface area contributed by atoms with E-state index in [-0.39, 0.29) is 11.9 Å². The molecule has 0 saturated carbocycles. The predicted molar refractivity (Wildman–Crippen MR) is 56.8 cm³/mol. The Kier molecular flexibility index (Phi) is 4.06. The summed E-state index contributed by atoms with van der Waals surface area (Å²) in [6.45, 7) is 2.92. The van der Waals surface area contributed by atoms with Gasteiger partial charge in [0.05, 0.1) is 5.75 Å².